The molecule has 0 saturated carbocycles. The Labute approximate surface area is 238 Å². The molecule has 0 spiro atoms. The van der Waals surface area contributed by atoms with E-state index in [9.17, 15) is 22.4 Å². The Bertz CT molecular complexity index is 1420. The van der Waals surface area contributed by atoms with Gasteiger partial charge in [-0.15, -0.1) is 0 Å². The van der Waals surface area contributed by atoms with E-state index >= 15 is 0 Å². The molecule has 11 heteroatoms. The fraction of sp³-hybridized carbons (Fsp3) is 0.286. The van der Waals surface area contributed by atoms with Crippen LogP contribution in [-0.2, 0) is 26.2 Å². The summed E-state index contributed by atoms with van der Waals surface area (Å²) in [5.74, 6) is -1.73. The summed E-state index contributed by atoms with van der Waals surface area (Å²) in [4.78, 5) is 28.0. The van der Waals surface area contributed by atoms with Gasteiger partial charge >= 0.3 is 0 Å². The number of hydrogen-bond donors (Lipinski definition) is 1. The van der Waals surface area contributed by atoms with Gasteiger partial charge in [0.1, 0.15) is 18.4 Å². The van der Waals surface area contributed by atoms with Crippen molar-refractivity contribution in [3.05, 3.63) is 94.2 Å². The number of rotatable bonds is 11. The van der Waals surface area contributed by atoms with Gasteiger partial charge in [-0.3, -0.25) is 13.9 Å². The second-order valence-corrected chi connectivity index (χ2v) is 11.7. The van der Waals surface area contributed by atoms with Crippen molar-refractivity contribution in [1.82, 2.24) is 10.2 Å². The van der Waals surface area contributed by atoms with E-state index in [0.29, 0.717) is 6.42 Å². The van der Waals surface area contributed by atoms with Gasteiger partial charge in [0, 0.05) is 23.2 Å². The van der Waals surface area contributed by atoms with Crippen molar-refractivity contribution in [2.75, 3.05) is 10.8 Å². The van der Waals surface area contributed by atoms with Crippen LogP contribution in [0.25, 0.3) is 0 Å². The molecule has 3 aromatic rings. The van der Waals surface area contributed by atoms with Gasteiger partial charge in [0.05, 0.1) is 15.6 Å². The molecule has 208 valence electrons. The van der Waals surface area contributed by atoms with Crippen LogP contribution in [0.4, 0.5) is 10.1 Å². The molecule has 0 saturated heterocycles. The van der Waals surface area contributed by atoms with E-state index in [2.05, 4.69) is 5.32 Å². The van der Waals surface area contributed by atoms with E-state index in [0.717, 1.165) is 9.21 Å². The monoisotopic (exact) mass is 593 g/mol. The smallest absolute Gasteiger partial charge is 0.264 e. The molecule has 3 aromatic carbocycles. The molecule has 0 heterocycles. The first kappa shape index (κ1) is 30.4. The van der Waals surface area contributed by atoms with Crippen LogP contribution in [0.2, 0.25) is 10.0 Å². The molecular weight excluding hydrogens is 564 g/mol. The van der Waals surface area contributed by atoms with Crippen LogP contribution in [0.3, 0.4) is 0 Å². The molecule has 0 radical (unpaired) electrons. The van der Waals surface area contributed by atoms with Crippen molar-refractivity contribution in [1.29, 1.82) is 0 Å². The minimum Gasteiger partial charge on any atom is -0.352 e. The van der Waals surface area contributed by atoms with Crippen LogP contribution >= 0.6 is 23.2 Å². The molecule has 2 unspecified atom stereocenters. The highest BCUT2D eigenvalue weighted by Gasteiger charge is 2.33. The third kappa shape index (κ3) is 7.50. The van der Waals surface area contributed by atoms with E-state index in [1.54, 1.807) is 24.3 Å². The summed E-state index contributed by atoms with van der Waals surface area (Å²) in [7, 11) is -4.28. The maximum absolute atomic E-state index is 14.6. The van der Waals surface area contributed by atoms with E-state index in [4.69, 9.17) is 23.2 Å². The van der Waals surface area contributed by atoms with Gasteiger partial charge in [-0.1, -0.05) is 66.5 Å². The maximum Gasteiger partial charge on any atom is 0.264 e. The second-order valence-electron chi connectivity index (χ2n) is 9.03. The third-order valence-corrected chi connectivity index (χ3v) is 8.57. The third-order valence-electron chi connectivity index (χ3n) is 6.26. The fourth-order valence-electron chi connectivity index (χ4n) is 3.77. The summed E-state index contributed by atoms with van der Waals surface area (Å²) >= 11 is 12.4. The van der Waals surface area contributed by atoms with Crippen molar-refractivity contribution in [3.8, 4) is 0 Å². The average molecular weight is 595 g/mol. The highest BCUT2D eigenvalue weighted by atomic mass is 35.5. The van der Waals surface area contributed by atoms with Crippen molar-refractivity contribution < 1.29 is 22.4 Å². The molecule has 0 aliphatic heterocycles. The zero-order chi connectivity index (χ0) is 28.7. The number of benzene rings is 3. The van der Waals surface area contributed by atoms with Gasteiger partial charge in [-0.25, -0.2) is 12.8 Å². The van der Waals surface area contributed by atoms with Crippen LogP contribution in [0.15, 0.2) is 77.7 Å². The standard InChI is InChI=1S/C28H30Cl2FN3O4S/c1-4-19(2)32-28(36)20(3)33(17-21-10-8-9-13-25(21)31)27(35)18-34(26-15-14-22(29)16-24(26)30)39(37,38)23-11-6-5-7-12-23/h5-16,19-20H,4,17-18H2,1-3H3,(H,32,36). The molecular formula is C28H30Cl2FN3O4S. The quantitative estimate of drug-likeness (QED) is 0.311. The molecule has 0 bridgehead atoms. The maximum atomic E-state index is 14.6. The van der Waals surface area contributed by atoms with E-state index in [1.807, 2.05) is 13.8 Å². The summed E-state index contributed by atoms with van der Waals surface area (Å²) in [6.07, 6.45) is 0.665. The van der Waals surface area contributed by atoms with Crippen molar-refractivity contribution in [2.24, 2.45) is 0 Å². The van der Waals surface area contributed by atoms with Crippen LogP contribution in [-0.4, -0.2) is 43.8 Å². The Morgan fingerprint density at radius 1 is 0.974 bits per heavy atom. The summed E-state index contributed by atoms with van der Waals surface area (Å²) in [6, 6.07) is 16.5. The molecule has 2 atom stereocenters. The Morgan fingerprint density at radius 2 is 1.62 bits per heavy atom. The fourth-order valence-corrected chi connectivity index (χ4v) is 5.79. The lowest BCUT2D eigenvalue weighted by atomic mass is 10.1. The molecule has 0 aliphatic rings. The lowest BCUT2D eigenvalue weighted by molar-refractivity contribution is -0.139. The summed E-state index contributed by atoms with van der Waals surface area (Å²) in [6.45, 7) is 4.29. The zero-order valence-corrected chi connectivity index (χ0v) is 24.1. The molecule has 1 N–H and O–H groups in total. The minimum absolute atomic E-state index is 0.0121. The summed E-state index contributed by atoms with van der Waals surface area (Å²) < 4.78 is 43.0. The Hall–Kier alpha value is -3.14. The number of hydrogen-bond acceptors (Lipinski definition) is 4. The largest absolute Gasteiger partial charge is 0.352 e. The average Bonchev–Trinajstić information content (AvgIpc) is 2.91. The van der Waals surface area contributed by atoms with Gasteiger partial charge in [-0.2, -0.15) is 0 Å². The van der Waals surface area contributed by atoms with Gasteiger partial charge < -0.3 is 10.2 Å². The van der Waals surface area contributed by atoms with Gasteiger partial charge in [-0.05, 0) is 56.7 Å². The second kappa shape index (κ2) is 13.3. The highest BCUT2D eigenvalue weighted by Crippen LogP contribution is 2.33. The molecule has 2 amide bonds. The molecule has 3 rings (SSSR count). The Kier molecular flexibility index (Phi) is 10.4. The van der Waals surface area contributed by atoms with Gasteiger partial charge in [0.25, 0.3) is 10.0 Å². The van der Waals surface area contributed by atoms with Gasteiger partial charge in [0.2, 0.25) is 11.8 Å². The van der Waals surface area contributed by atoms with Crippen molar-refractivity contribution >= 4 is 50.7 Å². The van der Waals surface area contributed by atoms with Crippen LogP contribution in [0.5, 0.6) is 0 Å². The van der Waals surface area contributed by atoms with Crippen molar-refractivity contribution in [2.45, 2.75) is 50.7 Å². The molecule has 0 aromatic heterocycles. The summed E-state index contributed by atoms with van der Waals surface area (Å²) in [5, 5.41) is 3.12. The zero-order valence-electron chi connectivity index (χ0n) is 21.8. The number of amides is 2. The lowest BCUT2D eigenvalue weighted by Gasteiger charge is -2.32. The van der Waals surface area contributed by atoms with Crippen LogP contribution in [0.1, 0.15) is 32.8 Å². The lowest BCUT2D eigenvalue weighted by Crippen LogP contribution is -2.52. The number of nitrogens with one attached hydrogen (secondary N) is 1. The van der Waals surface area contributed by atoms with E-state index < -0.39 is 40.2 Å². The first-order valence-electron chi connectivity index (χ1n) is 12.3. The molecule has 7 nitrogen and oxygen atoms in total. The minimum atomic E-state index is -4.28. The first-order valence-corrected chi connectivity index (χ1v) is 14.5. The van der Waals surface area contributed by atoms with Crippen LogP contribution < -0.4 is 9.62 Å². The Balaban J connectivity index is 2.06. The molecule has 39 heavy (non-hydrogen) atoms. The Morgan fingerprint density at radius 3 is 2.23 bits per heavy atom. The number of anilines is 1. The highest BCUT2D eigenvalue weighted by molar-refractivity contribution is 7.92. The predicted molar refractivity (Wildman–Crippen MR) is 152 cm³/mol. The number of halogens is 3. The first-order chi connectivity index (χ1) is 18.4. The van der Waals surface area contributed by atoms with Gasteiger partial charge in [0.15, 0.2) is 0 Å². The normalized spacial score (nSPS) is 12.9. The molecule has 0 fully saturated rings. The summed E-state index contributed by atoms with van der Waals surface area (Å²) in [5.41, 5.74) is 0.205. The number of nitrogens with zero attached hydrogens (tertiary/aromatic N) is 2. The van der Waals surface area contributed by atoms with Crippen molar-refractivity contribution in [3.63, 3.8) is 0 Å². The topological polar surface area (TPSA) is 86.8 Å². The van der Waals surface area contributed by atoms with Crippen LogP contribution in [0, 0.1) is 5.82 Å². The number of carbonyl (C=O) groups is 2. The van der Waals surface area contributed by atoms with E-state index in [-0.39, 0.29) is 38.8 Å². The SMILES string of the molecule is CCC(C)NC(=O)C(C)N(Cc1ccccc1F)C(=O)CN(c1ccc(Cl)cc1Cl)S(=O)(=O)c1ccccc1. The molecule has 0 aliphatic carbocycles. The number of carbonyl (C=O) groups excluding carboxylic acids is 2. The predicted octanol–water partition coefficient (Wildman–Crippen LogP) is 5.66. The van der Waals surface area contributed by atoms with E-state index in [1.165, 1.54) is 55.5 Å². The number of sulfonamides is 1.